The molecule has 1 atom stereocenters. The summed E-state index contributed by atoms with van der Waals surface area (Å²) in [5.74, 6) is 0.554. The van der Waals surface area contributed by atoms with Gasteiger partial charge in [-0.3, -0.25) is 0 Å². The summed E-state index contributed by atoms with van der Waals surface area (Å²) in [6.45, 7) is 1.92. The summed E-state index contributed by atoms with van der Waals surface area (Å²) in [6, 6.07) is 0.0610. The van der Waals surface area contributed by atoms with Crippen molar-refractivity contribution >= 4 is 6.34 Å². The van der Waals surface area contributed by atoms with Crippen LogP contribution in [0.15, 0.2) is 28.7 Å². The van der Waals surface area contributed by atoms with Gasteiger partial charge in [-0.2, -0.15) is 5.48 Å². The third-order valence-corrected chi connectivity index (χ3v) is 1.79. The zero-order chi connectivity index (χ0) is 9.68. The van der Waals surface area contributed by atoms with Crippen LogP contribution >= 0.6 is 0 Å². The predicted molar refractivity (Wildman–Crippen MR) is 51.6 cm³/mol. The first-order valence-corrected chi connectivity index (χ1v) is 3.99. The van der Waals surface area contributed by atoms with Gasteiger partial charge in [0.1, 0.15) is 12.1 Å². The highest BCUT2D eigenvalue weighted by Crippen LogP contribution is 2.09. The second-order valence-electron chi connectivity index (χ2n) is 2.62. The number of nitrogens with zero attached hydrogens (tertiary/aromatic N) is 1. The van der Waals surface area contributed by atoms with Crippen LogP contribution in [-0.2, 0) is 4.84 Å². The maximum atomic E-state index is 5.62. The quantitative estimate of drug-likeness (QED) is 0.419. The fourth-order valence-electron chi connectivity index (χ4n) is 0.959. The summed E-state index contributed by atoms with van der Waals surface area (Å²) < 4.78 is 0. The SMILES string of the molecule is CNO/C=C/C1NC=NC(N)=C1C. The molecule has 0 aromatic rings. The van der Waals surface area contributed by atoms with Crippen LogP contribution in [0.3, 0.4) is 0 Å². The van der Waals surface area contributed by atoms with E-state index in [1.807, 2.05) is 13.0 Å². The molecule has 1 aliphatic rings. The van der Waals surface area contributed by atoms with Gasteiger partial charge in [0, 0.05) is 7.05 Å². The van der Waals surface area contributed by atoms with Gasteiger partial charge in [-0.15, -0.1) is 0 Å². The molecular formula is C8H14N4O. The summed E-state index contributed by atoms with van der Waals surface area (Å²) in [5, 5.41) is 3.03. The van der Waals surface area contributed by atoms with Crippen molar-refractivity contribution < 1.29 is 4.84 Å². The van der Waals surface area contributed by atoms with E-state index in [2.05, 4.69) is 15.8 Å². The predicted octanol–water partition coefficient (Wildman–Crippen LogP) is -0.159. The van der Waals surface area contributed by atoms with E-state index in [9.17, 15) is 0 Å². The maximum Gasteiger partial charge on any atom is 0.126 e. The molecule has 0 spiro atoms. The minimum atomic E-state index is 0.0610. The maximum absolute atomic E-state index is 5.62. The lowest BCUT2D eigenvalue weighted by Crippen LogP contribution is -2.32. The molecule has 1 heterocycles. The fraction of sp³-hybridized carbons (Fsp3) is 0.375. The molecule has 0 fully saturated rings. The molecular weight excluding hydrogens is 168 g/mol. The largest absolute Gasteiger partial charge is 0.417 e. The first kappa shape index (κ1) is 9.60. The molecule has 0 saturated heterocycles. The van der Waals surface area contributed by atoms with Crippen molar-refractivity contribution in [2.75, 3.05) is 7.05 Å². The average Bonchev–Trinajstić information content (AvgIpc) is 2.13. The van der Waals surface area contributed by atoms with Gasteiger partial charge in [-0.1, -0.05) is 0 Å². The van der Waals surface area contributed by atoms with Crippen molar-refractivity contribution in [2.45, 2.75) is 13.0 Å². The average molecular weight is 182 g/mol. The first-order valence-electron chi connectivity index (χ1n) is 3.99. The van der Waals surface area contributed by atoms with Crippen LogP contribution in [0.1, 0.15) is 6.92 Å². The molecule has 0 aromatic carbocycles. The second kappa shape index (κ2) is 4.51. The van der Waals surface area contributed by atoms with Gasteiger partial charge in [0.15, 0.2) is 0 Å². The minimum Gasteiger partial charge on any atom is -0.417 e. The summed E-state index contributed by atoms with van der Waals surface area (Å²) >= 11 is 0. The molecule has 72 valence electrons. The topological polar surface area (TPSA) is 71.7 Å². The van der Waals surface area contributed by atoms with Crippen LogP contribution in [0, 0.1) is 0 Å². The van der Waals surface area contributed by atoms with Crippen molar-refractivity contribution in [1.29, 1.82) is 0 Å². The van der Waals surface area contributed by atoms with Gasteiger partial charge in [0.25, 0.3) is 0 Å². The Kier molecular flexibility index (Phi) is 3.33. The highest BCUT2D eigenvalue weighted by Gasteiger charge is 2.11. The van der Waals surface area contributed by atoms with Crippen LogP contribution < -0.4 is 16.5 Å². The molecule has 0 aromatic heterocycles. The van der Waals surface area contributed by atoms with Crippen molar-refractivity contribution in [2.24, 2.45) is 10.7 Å². The number of hydroxylamine groups is 1. The molecule has 1 unspecified atom stereocenters. The Balaban J connectivity index is 2.58. The Labute approximate surface area is 77.3 Å². The number of nitrogens with two attached hydrogens (primary N) is 1. The van der Waals surface area contributed by atoms with Crippen molar-refractivity contribution in [3.63, 3.8) is 0 Å². The van der Waals surface area contributed by atoms with E-state index in [-0.39, 0.29) is 6.04 Å². The summed E-state index contributed by atoms with van der Waals surface area (Å²) in [5.41, 5.74) is 9.15. The third kappa shape index (κ3) is 2.48. The zero-order valence-electron chi connectivity index (χ0n) is 7.74. The van der Waals surface area contributed by atoms with Crippen molar-refractivity contribution in [3.05, 3.63) is 23.7 Å². The normalized spacial score (nSPS) is 22.2. The molecule has 0 saturated carbocycles. The second-order valence-corrected chi connectivity index (χ2v) is 2.62. The molecule has 0 bridgehead atoms. The van der Waals surface area contributed by atoms with Gasteiger partial charge in [0.2, 0.25) is 0 Å². The fourth-order valence-corrected chi connectivity index (χ4v) is 0.959. The van der Waals surface area contributed by atoms with Crippen LogP contribution in [0.5, 0.6) is 0 Å². The highest BCUT2D eigenvalue weighted by atomic mass is 16.6. The summed E-state index contributed by atoms with van der Waals surface area (Å²) in [6.07, 6.45) is 4.99. The molecule has 1 aliphatic heterocycles. The number of aliphatic imine (C=N–C) groups is 1. The molecule has 0 aliphatic carbocycles. The van der Waals surface area contributed by atoms with Crippen LogP contribution in [-0.4, -0.2) is 19.4 Å². The van der Waals surface area contributed by atoms with Crippen molar-refractivity contribution in [1.82, 2.24) is 10.8 Å². The Morgan fingerprint density at radius 2 is 2.54 bits per heavy atom. The lowest BCUT2D eigenvalue weighted by molar-refractivity contribution is 0.157. The third-order valence-electron chi connectivity index (χ3n) is 1.79. The number of hydrogen-bond acceptors (Lipinski definition) is 5. The van der Waals surface area contributed by atoms with Gasteiger partial charge >= 0.3 is 0 Å². The van der Waals surface area contributed by atoms with E-state index >= 15 is 0 Å². The van der Waals surface area contributed by atoms with Gasteiger partial charge in [0.05, 0.1) is 12.4 Å². The number of rotatable bonds is 3. The molecule has 1 rings (SSSR count). The Hall–Kier alpha value is -1.49. The Morgan fingerprint density at radius 3 is 3.23 bits per heavy atom. The van der Waals surface area contributed by atoms with E-state index in [4.69, 9.17) is 10.6 Å². The molecule has 13 heavy (non-hydrogen) atoms. The number of nitrogens with one attached hydrogen (secondary N) is 2. The molecule has 0 radical (unpaired) electrons. The Morgan fingerprint density at radius 1 is 1.77 bits per heavy atom. The lowest BCUT2D eigenvalue weighted by Gasteiger charge is -2.18. The molecule has 5 nitrogen and oxygen atoms in total. The van der Waals surface area contributed by atoms with Crippen LogP contribution in [0.4, 0.5) is 0 Å². The minimum absolute atomic E-state index is 0.0610. The Bertz CT molecular complexity index is 257. The van der Waals surface area contributed by atoms with Crippen LogP contribution in [0.2, 0.25) is 0 Å². The summed E-state index contributed by atoms with van der Waals surface area (Å²) in [7, 11) is 1.69. The molecule has 0 amide bonds. The van der Waals surface area contributed by atoms with Gasteiger partial charge < -0.3 is 15.9 Å². The van der Waals surface area contributed by atoms with Crippen molar-refractivity contribution in [3.8, 4) is 0 Å². The smallest absolute Gasteiger partial charge is 0.126 e. The van der Waals surface area contributed by atoms with Crippen LogP contribution in [0.25, 0.3) is 0 Å². The first-order chi connectivity index (χ1) is 6.25. The van der Waals surface area contributed by atoms with E-state index in [1.54, 1.807) is 19.6 Å². The van der Waals surface area contributed by atoms with E-state index in [1.165, 1.54) is 0 Å². The highest BCUT2D eigenvalue weighted by molar-refractivity contribution is 5.60. The van der Waals surface area contributed by atoms with Gasteiger partial charge in [-0.05, 0) is 18.6 Å². The standard InChI is InChI=1S/C8H14N4O/c1-6-7(3-4-13-10-2)11-5-12-8(6)9/h3-5,7,10H,9H2,1-2H3,(H,11,12)/b4-3+. The van der Waals surface area contributed by atoms with E-state index in [0.29, 0.717) is 5.82 Å². The van der Waals surface area contributed by atoms with E-state index < -0.39 is 0 Å². The number of hydrogen-bond donors (Lipinski definition) is 3. The molecule has 5 heteroatoms. The lowest BCUT2D eigenvalue weighted by atomic mass is 10.1. The van der Waals surface area contributed by atoms with Gasteiger partial charge in [-0.25, -0.2) is 4.99 Å². The molecule has 4 N–H and O–H groups in total. The zero-order valence-corrected chi connectivity index (χ0v) is 7.74. The monoisotopic (exact) mass is 182 g/mol. The van der Waals surface area contributed by atoms with E-state index in [0.717, 1.165) is 5.57 Å². The summed E-state index contributed by atoms with van der Waals surface area (Å²) in [4.78, 5) is 8.76.